The summed E-state index contributed by atoms with van der Waals surface area (Å²) in [6, 6.07) is 4.14. The lowest BCUT2D eigenvalue weighted by molar-refractivity contribution is -0.153. The van der Waals surface area contributed by atoms with Gasteiger partial charge in [-0.3, -0.25) is 4.79 Å². The molecule has 1 rings (SSSR count). The highest BCUT2D eigenvalue weighted by Gasteiger charge is 2.28. The van der Waals surface area contributed by atoms with Crippen LogP contribution in [-0.4, -0.2) is 31.3 Å². The van der Waals surface area contributed by atoms with Crippen LogP contribution in [0, 0.1) is 5.92 Å². The highest BCUT2D eigenvalue weighted by Crippen LogP contribution is 2.29. The van der Waals surface area contributed by atoms with Crippen molar-refractivity contribution in [1.82, 2.24) is 5.32 Å². The standard InChI is InChI=1S/C15H20ClF3N2O2/c1-9(2)10(3)21-14(22)7-20-12-6-11(16)4-5-13(12)23-8-15(17,18)19/h4-6,9-10,20H,7-8H2,1-3H3,(H,21,22). The van der Waals surface area contributed by atoms with E-state index in [-0.39, 0.29) is 35.8 Å². The SMILES string of the molecule is CC(C)C(C)NC(=O)CNc1cc(Cl)ccc1OCC(F)(F)F. The summed E-state index contributed by atoms with van der Waals surface area (Å²) in [5.74, 6) is -0.0137. The number of ether oxygens (including phenoxy) is 1. The molecule has 1 aromatic carbocycles. The lowest BCUT2D eigenvalue weighted by Gasteiger charge is -2.18. The molecule has 0 spiro atoms. The Labute approximate surface area is 138 Å². The van der Waals surface area contributed by atoms with Crippen molar-refractivity contribution in [3.05, 3.63) is 23.2 Å². The molecule has 1 amide bonds. The van der Waals surface area contributed by atoms with Crippen LogP contribution in [0.4, 0.5) is 18.9 Å². The molecule has 23 heavy (non-hydrogen) atoms. The molecule has 0 saturated heterocycles. The molecule has 0 aliphatic rings. The van der Waals surface area contributed by atoms with E-state index >= 15 is 0 Å². The maximum atomic E-state index is 12.2. The molecule has 0 bridgehead atoms. The van der Waals surface area contributed by atoms with Gasteiger partial charge in [-0.2, -0.15) is 13.2 Å². The smallest absolute Gasteiger partial charge is 0.422 e. The fourth-order valence-electron chi connectivity index (χ4n) is 1.57. The molecule has 0 aliphatic heterocycles. The number of hydrogen-bond acceptors (Lipinski definition) is 3. The molecule has 0 aliphatic carbocycles. The van der Waals surface area contributed by atoms with Gasteiger partial charge in [0.15, 0.2) is 6.61 Å². The lowest BCUT2D eigenvalue weighted by Crippen LogP contribution is -2.39. The van der Waals surface area contributed by atoms with Crippen LogP contribution in [0.3, 0.4) is 0 Å². The van der Waals surface area contributed by atoms with Crippen LogP contribution in [0.25, 0.3) is 0 Å². The molecule has 4 nitrogen and oxygen atoms in total. The normalized spacial score (nSPS) is 12.9. The molecule has 8 heteroatoms. The zero-order valence-electron chi connectivity index (χ0n) is 13.1. The average molecular weight is 353 g/mol. The molecule has 0 radical (unpaired) electrons. The minimum Gasteiger partial charge on any atom is -0.482 e. The van der Waals surface area contributed by atoms with Crippen LogP contribution >= 0.6 is 11.6 Å². The second-order valence-corrected chi connectivity index (χ2v) is 5.93. The van der Waals surface area contributed by atoms with Gasteiger partial charge in [0.1, 0.15) is 5.75 Å². The molecule has 1 unspecified atom stereocenters. The third-order valence-electron chi connectivity index (χ3n) is 3.16. The van der Waals surface area contributed by atoms with Gasteiger partial charge in [-0.1, -0.05) is 25.4 Å². The quantitative estimate of drug-likeness (QED) is 0.783. The Morgan fingerprint density at radius 3 is 2.52 bits per heavy atom. The Morgan fingerprint density at radius 1 is 1.30 bits per heavy atom. The Balaban J connectivity index is 2.68. The van der Waals surface area contributed by atoms with Crippen molar-refractivity contribution in [3.8, 4) is 5.75 Å². The molecule has 0 heterocycles. The first-order chi connectivity index (χ1) is 10.6. The van der Waals surface area contributed by atoms with Crippen molar-refractivity contribution in [2.75, 3.05) is 18.5 Å². The summed E-state index contributed by atoms with van der Waals surface area (Å²) in [4.78, 5) is 11.8. The van der Waals surface area contributed by atoms with E-state index in [1.807, 2.05) is 20.8 Å². The van der Waals surface area contributed by atoms with E-state index in [4.69, 9.17) is 16.3 Å². The van der Waals surface area contributed by atoms with Crippen LogP contribution in [0.5, 0.6) is 5.75 Å². The lowest BCUT2D eigenvalue weighted by atomic mass is 10.1. The average Bonchev–Trinajstić information content (AvgIpc) is 2.42. The van der Waals surface area contributed by atoms with E-state index in [1.165, 1.54) is 18.2 Å². The van der Waals surface area contributed by atoms with E-state index in [1.54, 1.807) is 0 Å². The van der Waals surface area contributed by atoms with Crippen LogP contribution in [-0.2, 0) is 4.79 Å². The molecule has 1 aromatic rings. The van der Waals surface area contributed by atoms with Gasteiger partial charge in [0.25, 0.3) is 0 Å². The van der Waals surface area contributed by atoms with Gasteiger partial charge < -0.3 is 15.4 Å². The molecule has 0 fully saturated rings. The Kier molecular flexibility index (Phi) is 7.00. The molecular formula is C15H20ClF3N2O2. The minimum atomic E-state index is -4.44. The van der Waals surface area contributed by atoms with E-state index in [0.717, 1.165) is 0 Å². The Morgan fingerprint density at radius 2 is 1.96 bits per heavy atom. The summed E-state index contributed by atoms with van der Waals surface area (Å²) in [5, 5.41) is 5.85. The Bertz CT molecular complexity index is 536. The summed E-state index contributed by atoms with van der Waals surface area (Å²) >= 11 is 5.83. The van der Waals surface area contributed by atoms with Gasteiger partial charge >= 0.3 is 6.18 Å². The van der Waals surface area contributed by atoms with Crippen molar-refractivity contribution in [2.45, 2.75) is 33.0 Å². The van der Waals surface area contributed by atoms with E-state index < -0.39 is 12.8 Å². The van der Waals surface area contributed by atoms with Gasteiger partial charge in [-0.05, 0) is 31.0 Å². The van der Waals surface area contributed by atoms with Crippen LogP contribution in [0.1, 0.15) is 20.8 Å². The van der Waals surface area contributed by atoms with Gasteiger partial charge in [0.05, 0.1) is 12.2 Å². The molecule has 1 atom stereocenters. The number of rotatable bonds is 7. The molecule has 2 N–H and O–H groups in total. The van der Waals surface area contributed by atoms with Gasteiger partial charge in [-0.25, -0.2) is 0 Å². The monoisotopic (exact) mass is 352 g/mol. The minimum absolute atomic E-state index is 0.00962. The Hall–Kier alpha value is -1.63. The molecule has 130 valence electrons. The van der Waals surface area contributed by atoms with Crippen molar-refractivity contribution in [1.29, 1.82) is 0 Å². The largest absolute Gasteiger partial charge is 0.482 e. The van der Waals surface area contributed by atoms with E-state index in [2.05, 4.69) is 10.6 Å². The highest BCUT2D eigenvalue weighted by atomic mass is 35.5. The first kappa shape index (κ1) is 19.4. The van der Waals surface area contributed by atoms with E-state index in [9.17, 15) is 18.0 Å². The second-order valence-electron chi connectivity index (χ2n) is 5.50. The number of benzene rings is 1. The third kappa shape index (κ3) is 7.45. The van der Waals surface area contributed by atoms with Crippen molar-refractivity contribution < 1.29 is 22.7 Å². The molecule has 0 saturated carbocycles. The second kappa shape index (κ2) is 8.29. The predicted molar refractivity (Wildman–Crippen MR) is 83.9 cm³/mol. The highest BCUT2D eigenvalue weighted by molar-refractivity contribution is 6.30. The number of nitrogens with one attached hydrogen (secondary N) is 2. The van der Waals surface area contributed by atoms with Crippen molar-refractivity contribution in [2.24, 2.45) is 5.92 Å². The number of hydrogen-bond donors (Lipinski definition) is 2. The van der Waals surface area contributed by atoms with E-state index in [0.29, 0.717) is 5.02 Å². The van der Waals surface area contributed by atoms with Crippen LogP contribution < -0.4 is 15.4 Å². The van der Waals surface area contributed by atoms with Crippen LogP contribution in [0.2, 0.25) is 5.02 Å². The molecular weight excluding hydrogens is 333 g/mol. The van der Waals surface area contributed by atoms with Gasteiger partial charge in [0.2, 0.25) is 5.91 Å². The summed E-state index contributed by atoms with van der Waals surface area (Å²) in [6.07, 6.45) is -4.44. The predicted octanol–water partition coefficient (Wildman–Crippen LogP) is 3.85. The summed E-state index contributed by atoms with van der Waals surface area (Å²) in [5.41, 5.74) is 0.231. The van der Waals surface area contributed by atoms with Gasteiger partial charge in [0, 0.05) is 11.1 Å². The first-order valence-corrected chi connectivity index (χ1v) is 7.48. The summed E-state index contributed by atoms with van der Waals surface area (Å²) in [7, 11) is 0. The van der Waals surface area contributed by atoms with Crippen LogP contribution in [0.15, 0.2) is 18.2 Å². The first-order valence-electron chi connectivity index (χ1n) is 7.11. The topological polar surface area (TPSA) is 50.4 Å². The maximum Gasteiger partial charge on any atom is 0.422 e. The zero-order valence-corrected chi connectivity index (χ0v) is 13.9. The number of amides is 1. The number of carbonyl (C=O) groups excluding carboxylic acids is 1. The fourth-order valence-corrected chi connectivity index (χ4v) is 1.75. The van der Waals surface area contributed by atoms with Crippen molar-refractivity contribution >= 4 is 23.2 Å². The van der Waals surface area contributed by atoms with Gasteiger partial charge in [-0.15, -0.1) is 0 Å². The summed E-state index contributed by atoms with van der Waals surface area (Å²) in [6.45, 7) is 4.30. The number of alkyl halides is 3. The third-order valence-corrected chi connectivity index (χ3v) is 3.40. The summed E-state index contributed by atoms with van der Waals surface area (Å²) < 4.78 is 41.5. The number of anilines is 1. The fraction of sp³-hybridized carbons (Fsp3) is 0.533. The zero-order chi connectivity index (χ0) is 17.6. The number of carbonyl (C=O) groups is 1. The number of halogens is 4. The maximum absolute atomic E-state index is 12.2. The molecule has 0 aromatic heterocycles. The van der Waals surface area contributed by atoms with Crippen molar-refractivity contribution in [3.63, 3.8) is 0 Å².